The van der Waals surface area contributed by atoms with Crippen molar-refractivity contribution in [3.8, 4) is 5.75 Å². The lowest BCUT2D eigenvalue weighted by Crippen LogP contribution is -2.00. The molecule has 5 heteroatoms. The third-order valence-corrected chi connectivity index (χ3v) is 3.67. The highest BCUT2D eigenvalue weighted by molar-refractivity contribution is 7.98. The Morgan fingerprint density at radius 3 is 2.89 bits per heavy atom. The van der Waals surface area contributed by atoms with Crippen LogP contribution >= 0.6 is 11.8 Å². The van der Waals surface area contributed by atoms with Crippen molar-refractivity contribution in [1.29, 1.82) is 0 Å². The molecule has 1 aromatic carbocycles. The fraction of sp³-hybridized carbons (Fsp3) is 0.308. The highest BCUT2D eigenvalue weighted by atomic mass is 32.2. The Balaban J connectivity index is 2.05. The number of nitrogens with zero attached hydrogens (tertiary/aromatic N) is 2. The molecular weight excluding hydrogens is 246 g/mol. The molecule has 2 N–H and O–H groups in total. The van der Waals surface area contributed by atoms with Gasteiger partial charge in [-0.25, -0.2) is 0 Å². The van der Waals surface area contributed by atoms with Crippen molar-refractivity contribution in [1.82, 2.24) is 9.78 Å². The third kappa shape index (κ3) is 3.05. The first-order valence-electron chi connectivity index (χ1n) is 5.70. The average Bonchev–Trinajstić information content (AvgIpc) is 2.81. The Morgan fingerprint density at radius 1 is 1.44 bits per heavy atom. The van der Waals surface area contributed by atoms with E-state index in [1.165, 1.54) is 10.5 Å². The maximum Gasteiger partial charge on any atom is 0.123 e. The second-order valence-corrected chi connectivity index (χ2v) is 5.04. The lowest BCUT2D eigenvalue weighted by atomic mass is 10.1. The number of ether oxygens (including phenoxy) is 1. The van der Waals surface area contributed by atoms with E-state index < -0.39 is 0 Å². The van der Waals surface area contributed by atoms with Gasteiger partial charge in [0.2, 0.25) is 0 Å². The second-order valence-electron chi connectivity index (χ2n) is 3.99. The molecule has 96 valence electrons. The van der Waals surface area contributed by atoms with E-state index in [1.807, 2.05) is 30.2 Å². The number of hydrogen-bond donors (Lipinski definition) is 1. The fourth-order valence-corrected chi connectivity index (χ4v) is 2.58. The molecule has 0 saturated heterocycles. The van der Waals surface area contributed by atoms with Gasteiger partial charge in [-0.3, -0.25) is 4.68 Å². The van der Waals surface area contributed by atoms with Crippen molar-refractivity contribution < 1.29 is 4.74 Å². The molecule has 0 radical (unpaired) electrons. The molecule has 0 unspecified atom stereocenters. The molecule has 0 atom stereocenters. The van der Waals surface area contributed by atoms with E-state index in [0.717, 1.165) is 17.1 Å². The Hall–Kier alpha value is -1.46. The van der Waals surface area contributed by atoms with Crippen LogP contribution in [0.1, 0.15) is 11.1 Å². The smallest absolute Gasteiger partial charge is 0.123 e. The van der Waals surface area contributed by atoms with Gasteiger partial charge >= 0.3 is 0 Å². The predicted molar refractivity (Wildman–Crippen MR) is 73.7 cm³/mol. The molecule has 1 heterocycles. The zero-order chi connectivity index (χ0) is 13.0. The van der Waals surface area contributed by atoms with Gasteiger partial charge in [0.1, 0.15) is 5.75 Å². The molecule has 0 saturated carbocycles. The Bertz CT molecular complexity index is 525. The minimum Gasteiger partial charge on any atom is -0.496 e. The number of thioether (sulfide) groups is 1. The number of nitrogens with two attached hydrogens (primary N) is 1. The SMILES string of the molecule is COc1ccc(CSc2cnn(C)c2)cc1CN. The fourth-order valence-electron chi connectivity index (χ4n) is 1.72. The van der Waals surface area contributed by atoms with Gasteiger partial charge in [-0.05, 0) is 17.7 Å². The summed E-state index contributed by atoms with van der Waals surface area (Å²) in [5, 5.41) is 4.15. The molecule has 18 heavy (non-hydrogen) atoms. The third-order valence-electron chi connectivity index (χ3n) is 2.65. The number of hydrogen-bond acceptors (Lipinski definition) is 4. The van der Waals surface area contributed by atoms with Crippen LogP contribution in [0.25, 0.3) is 0 Å². The van der Waals surface area contributed by atoms with Crippen molar-refractivity contribution in [3.05, 3.63) is 41.7 Å². The van der Waals surface area contributed by atoms with Crippen LogP contribution in [0.4, 0.5) is 0 Å². The largest absolute Gasteiger partial charge is 0.496 e. The van der Waals surface area contributed by atoms with Crippen LogP contribution in [0.5, 0.6) is 5.75 Å². The molecule has 0 amide bonds. The lowest BCUT2D eigenvalue weighted by Gasteiger charge is -2.08. The normalized spacial score (nSPS) is 10.6. The van der Waals surface area contributed by atoms with Crippen molar-refractivity contribution in [2.75, 3.05) is 7.11 Å². The van der Waals surface area contributed by atoms with Gasteiger partial charge in [0.15, 0.2) is 0 Å². The molecule has 2 rings (SSSR count). The number of aromatic nitrogens is 2. The minimum absolute atomic E-state index is 0.495. The van der Waals surface area contributed by atoms with Gasteiger partial charge in [0.25, 0.3) is 0 Å². The Labute approximate surface area is 111 Å². The monoisotopic (exact) mass is 263 g/mol. The minimum atomic E-state index is 0.495. The quantitative estimate of drug-likeness (QED) is 0.840. The summed E-state index contributed by atoms with van der Waals surface area (Å²) in [6.45, 7) is 0.495. The van der Waals surface area contributed by atoms with Crippen LogP contribution in [0.2, 0.25) is 0 Å². The first kappa shape index (κ1) is 13.0. The van der Waals surface area contributed by atoms with Crippen molar-refractivity contribution in [2.24, 2.45) is 12.8 Å². The highest BCUT2D eigenvalue weighted by Gasteiger charge is 2.04. The van der Waals surface area contributed by atoms with Crippen LogP contribution in [0, 0.1) is 0 Å². The maximum atomic E-state index is 5.71. The van der Waals surface area contributed by atoms with Gasteiger partial charge in [0.05, 0.1) is 13.3 Å². The molecule has 0 bridgehead atoms. The lowest BCUT2D eigenvalue weighted by molar-refractivity contribution is 0.409. The van der Waals surface area contributed by atoms with E-state index in [1.54, 1.807) is 18.9 Å². The molecular formula is C13H17N3OS. The average molecular weight is 263 g/mol. The standard InChI is InChI=1S/C13H17N3OS/c1-16-8-12(7-15-16)18-9-10-3-4-13(17-2)11(5-10)6-14/h3-5,7-8H,6,9,14H2,1-2H3. The van der Waals surface area contributed by atoms with Gasteiger partial charge in [0, 0.05) is 36.0 Å². The van der Waals surface area contributed by atoms with Gasteiger partial charge < -0.3 is 10.5 Å². The Kier molecular flexibility index (Phi) is 4.28. The summed E-state index contributed by atoms with van der Waals surface area (Å²) in [6, 6.07) is 6.14. The Morgan fingerprint density at radius 2 is 2.28 bits per heavy atom. The summed E-state index contributed by atoms with van der Waals surface area (Å²) in [4.78, 5) is 1.17. The van der Waals surface area contributed by atoms with Gasteiger partial charge in [-0.2, -0.15) is 5.10 Å². The van der Waals surface area contributed by atoms with Crippen molar-refractivity contribution >= 4 is 11.8 Å². The zero-order valence-corrected chi connectivity index (χ0v) is 11.4. The highest BCUT2D eigenvalue weighted by Crippen LogP contribution is 2.25. The molecule has 0 aliphatic rings. The van der Waals surface area contributed by atoms with E-state index in [9.17, 15) is 0 Å². The summed E-state index contributed by atoms with van der Waals surface area (Å²) >= 11 is 1.76. The van der Waals surface area contributed by atoms with Crippen LogP contribution < -0.4 is 10.5 Å². The molecule has 1 aromatic heterocycles. The van der Waals surface area contributed by atoms with Crippen LogP contribution in [0.3, 0.4) is 0 Å². The van der Waals surface area contributed by atoms with Crippen molar-refractivity contribution in [2.45, 2.75) is 17.2 Å². The van der Waals surface area contributed by atoms with E-state index in [-0.39, 0.29) is 0 Å². The number of benzene rings is 1. The first-order chi connectivity index (χ1) is 8.72. The number of rotatable bonds is 5. The summed E-state index contributed by atoms with van der Waals surface area (Å²) in [5.74, 6) is 1.76. The summed E-state index contributed by atoms with van der Waals surface area (Å²) < 4.78 is 7.06. The molecule has 0 aliphatic carbocycles. The van der Waals surface area contributed by atoms with E-state index in [0.29, 0.717) is 6.54 Å². The predicted octanol–water partition coefficient (Wildman–Crippen LogP) is 2.18. The zero-order valence-electron chi connectivity index (χ0n) is 10.6. The van der Waals surface area contributed by atoms with Gasteiger partial charge in [-0.15, -0.1) is 11.8 Å². The summed E-state index contributed by atoms with van der Waals surface area (Å²) in [6.07, 6.45) is 3.88. The summed E-state index contributed by atoms with van der Waals surface area (Å²) in [7, 11) is 3.59. The van der Waals surface area contributed by atoms with Crippen LogP contribution in [0.15, 0.2) is 35.5 Å². The second kappa shape index (κ2) is 5.93. The van der Waals surface area contributed by atoms with E-state index in [4.69, 9.17) is 10.5 Å². The topological polar surface area (TPSA) is 53.1 Å². The molecule has 0 aliphatic heterocycles. The number of aryl methyl sites for hydroxylation is 1. The van der Waals surface area contributed by atoms with Crippen LogP contribution in [-0.2, 0) is 19.3 Å². The van der Waals surface area contributed by atoms with Crippen molar-refractivity contribution in [3.63, 3.8) is 0 Å². The molecule has 0 spiro atoms. The molecule has 4 nitrogen and oxygen atoms in total. The molecule has 0 fully saturated rings. The van der Waals surface area contributed by atoms with E-state index >= 15 is 0 Å². The van der Waals surface area contributed by atoms with E-state index in [2.05, 4.69) is 17.2 Å². The summed E-state index contributed by atoms with van der Waals surface area (Å²) in [5.41, 5.74) is 7.99. The molecule has 2 aromatic rings. The van der Waals surface area contributed by atoms with Crippen LogP contribution in [-0.4, -0.2) is 16.9 Å². The van der Waals surface area contributed by atoms with Gasteiger partial charge in [-0.1, -0.05) is 6.07 Å². The number of methoxy groups -OCH3 is 1. The first-order valence-corrected chi connectivity index (χ1v) is 6.69. The maximum absolute atomic E-state index is 5.71.